The molecular weight excluding hydrogens is 831 g/mol. The average Bonchev–Trinajstić information content (AvgIpc) is 3.92. The molecule has 8 aromatic carbocycles. The molecule has 12 rings (SSSR count). The summed E-state index contributed by atoms with van der Waals surface area (Å²) in [7, 11) is 0. The SMILES string of the molecule is Cc1ccnc(-n2c3ccccc3c3ccc(-c4nc(-c5cccc(N6CN(c7c(-c8ccccc8)cccc7-c7ccccc7)c7ccccc76)c5)nc(-c5c(C)cc(C)cc5C)n4)cc32)c1. The van der Waals surface area contributed by atoms with E-state index in [1.54, 1.807) is 0 Å². The zero-order valence-corrected chi connectivity index (χ0v) is 38.4. The zero-order chi connectivity index (χ0) is 45.9. The van der Waals surface area contributed by atoms with Crippen LogP contribution >= 0.6 is 0 Å². The van der Waals surface area contributed by atoms with E-state index in [-0.39, 0.29) is 0 Å². The zero-order valence-electron chi connectivity index (χ0n) is 38.4. The summed E-state index contributed by atoms with van der Waals surface area (Å²) in [5.74, 6) is 2.73. The number of aromatic nitrogens is 5. The molecule has 7 nitrogen and oxygen atoms in total. The molecule has 0 bridgehead atoms. The third kappa shape index (κ3) is 7.07. The van der Waals surface area contributed by atoms with E-state index in [4.69, 9.17) is 19.9 Å². The fourth-order valence-electron chi connectivity index (χ4n) is 10.3. The lowest BCUT2D eigenvalue weighted by atomic mass is 9.95. The number of nitrogens with zero attached hydrogens (tertiary/aromatic N) is 7. The maximum Gasteiger partial charge on any atom is 0.164 e. The molecule has 1 aliphatic heterocycles. The van der Waals surface area contributed by atoms with Crippen LogP contribution in [0.3, 0.4) is 0 Å². The van der Waals surface area contributed by atoms with E-state index < -0.39 is 0 Å². The molecular formula is C61H47N7. The van der Waals surface area contributed by atoms with Gasteiger partial charge in [-0.15, -0.1) is 0 Å². The number of hydrogen-bond acceptors (Lipinski definition) is 6. The van der Waals surface area contributed by atoms with Crippen LogP contribution in [-0.4, -0.2) is 31.2 Å². The van der Waals surface area contributed by atoms with Crippen molar-refractivity contribution in [3.05, 3.63) is 223 Å². The van der Waals surface area contributed by atoms with Gasteiger partial charge in [-0.2, -0.15) is 0 Å². The van der Waals surface area contributed by atoms with Gasteiger partial charge in [0.1, 0.15) is 12.5 Å². The number of para-hydroxylation sites is 4. The highest BCUT2D eigenvalue weighted by atomic mass is 15.4. The minimum absolute atomic E-state index is 0.603. The van der Waals surface area contributed by atoms with Crippen LogP contribution in [0.2, 0.25) is 0 Å². The first-order valence-electron chi connectivity index (χ1n) is 23.2. The standard InChI is InChI=1S/C61H47N7/c1-39-31-32-62-56(35-39)68-52-26-12-11-23-50(52)51-30-29-46(37-55(51)68)60-63-59(64-61(65-60)57-41(3)33-40(2)34-42(57)4)45-21-15-22-47(36-45)66-38-67(54-28-14-13-27-53(54)66)58-48(43-17-7-5-8-18-43)24-16-25-49(58)44-19-9-6-10-20-44/h5-37H,38H2,1-4H3. The first-order chi connectivity index (χ1) is 33.4. The van der Waals surface area contributed by atoms with Crippen LogP contribution in [0.4, 0.5) is 22.7 Å². The highest BCUT2D eigenvalue weighted by Crippen LogP contribution is 2.50. The summed E-state index contributed by atoms with van der Waals surface area (Å²) < 4.78 is 2.25. The highest BCUT2D eigenvalue weighted by molar-refractivity contribution is 6.10. The minimum atomic E-state index is 0.603. The maximum absolute atomic E-state index is 5.34. The Bertz CT molecular complexity index is 3650. The molecule has 0 spiro atoms. The predicted molar refractivity (Wildman–Crippen MR) is 280 cm³/mol. The van der Waals surface area contributed by atoms with Gasteiger partial charge in [-0.1, -0.05) is 151 Å². The van der Waals surface area contributed by atoms with Crippen LogP contribution in [0.25, 0.3) is 84.0 Å². The molecule has 11 aromatic rings. The summed E-state index contributed by atoms with van der Waals surface area (Å²) in [6.07, 6.45) is 1.88. The second kappa shape index (κ2) is 16.6. The van der Waals surface area contributed by atoms with Gasteiger partial charge in [-0.05, 0) is 104 Å². The molecule has 3 aromatic heterocycles. The summed E-state index contributed by atoms with van der Waals surface area (Å²) in [5, 5.41) is 2.31. The Morgan fingerprint density at radius 3 is 1.68 bits per heavy atom. The van der Waals surface area contributed by atoms with Crippen LogP contribution in [0, 0.1) is 27.7 Å². The average molecular weight is 878 g/mol. The second-order valence-electron chi connectivity index (χ2n) is 17.8. The van der Waals surface area contributed by atoms with Crippen molar-refractivity contribution in [1.82, 2.24) is 24.5 Å². The number of anilines is 4. The van der Waals surface area contributed by atoms with E-state index in [1.165, 1.54) is 38.9 Å². The van der Waals surface area contributed by atoms with Crippen molar-refractivity contribution < 1.29 is 0 Å². The van der Waals surface area contributed by atoms with E-state index in [2.05, 4.69) is 230 Å². The molecule has 0 saturated carbocycles. The van der Waals surface area contributed by atoms with Gasteiger partial charge in [-0.3, -0.25) is 4.57 Å². The predicted octanol–water partition coefficient (Wildman–Crippen LogP) is 15.2. The lowest BCUT2D eigenvalue weighted by Gasteiger charge is -2.27. The third-order valence-electron chi connectivity index (χ3n) is 13.2. The van der Waals surface area contributed by atoms with E-state index in [9.17, 15) is 0 Å². The van der Waals surface area contributed by atoms with E-state index in [0.717, 1.165) is 72.7 Å². The summed E-state index contributed by atoms with van der Waals surface area (Å²) in [5.41, 5.74) is 18.7. The lowest BCUT2D eigenvalue weighted by molar-refractivity contribution is 0.992. The number of aryl methyl sites for hydroxylation is 4. The summed E-state index contributed by atoms with van der Waals surface area (Å²) >= 11 is 0. The molecule has 0 aliphatic carbocycles. The van der Waals surface area contributed by atoms with Crippen LogP contribution < -0.4 is 9.80 Å². The number of rotatable bonds is 8. The van der Waals surface area contributed by atoms with Crippen LogP contribution in [0.5, 0.6) is 0 Å². The first kappa shape index (κ1) is 40.8. The molecule has 0 N–H and O–H groups in total. The van der Waals surface area contributed by atoms with Crippen LogP contribution in [0.1, 0.15) is 22.3 Å². The first-order valence-corrected chi connectivity index (χ1v) is 23.2. The Kier molecular flexibility index (Phi) is 9.98. The molecule has 7 heteroatoms. The molecule has 0 radical (unpaired) electrons. The minimum Gasteiger partial charge on any atom is -0.321 e. The summed E-state index contributed by atoms with van der Waals surface area (Å²) in [4.78, 5) is 25.7. The molecule has 4 heterocycles. The molecule has 68 heavy (non-hydrogen) atoms. The van der Waals surface area contributed by atoms with Gasteiger partial charge in [0.15, 0.2) is 17.5 Å². The van der Waals surface area contributed by atoms with Gasteiger partial charge in [0, 0.05) is 50.5 Å². The maximum atomic E-state index is 5.34. The summed E-state index contributed by atoms with van der Waals surface area (Å²) in [6.45, 7) is 9.14. The van der Waals surface area contributed by atoms with Crippen molar-refractivity contribution in [2.45, 2.75) is 27.7 Å². The molecule has 0 saturated heterocycles. The van der Waals surface area contributed by atoms with Gasteiger partial charge in [0.05, 0.1) is 28.1 Å². The lowest BCUT2D eigenvalue weighted by Crippen LogP contribution is -2.25. The molecule has 0 fully saturated rings. The van der Waals surface area contributed by atoms with Crippen molar-refractivity contribution in [2.24, 2.45) is 0 Å². The van der Waals surface area contributed by atoms with Crippen molar-refractivity contribution >= 4 is 44.6 Å². The van der Waals surface area contributed by atoms with Crippen molar-refractivity contribution in [1.29, 1.82) is 0 Å². The van der Waals surface area contributed by atoms with Gasteiger partial charge >= 0.3 is 0 Å². The Morgan fingerprint density at radius 1 is 0.412 bits per heavy atom. The number of fused-ring (bicyclic) bond motifs is 4. The molecule has 0 atom stereocenters. The van der Waals surface area contributed by atoms with E-state index in [0.29, 0.717) is 24.1 Å². The molecule has 326 valence electrons. The Hall–Kier alpha value is -8.68. The number of pyridine rings is 1. The van der Waals surface area contributed by atoms with Crippen LogP contribution in [-0.2, 0) is 0 Å². The number of benzene rings is 8. The second-order valence-corrected chi connectivity index (χ2v) is 17.8. The Labute approximate surface area is 396 Å². The normalized spacial score (nSPS) is 12.3. The van der Waals surface area contributed by atoms with Gasteiger partial charge in [0.2, 0.25) is 0 Å². The van der Waals surface area contributed by atoms with E-state index >= 15 is 0 Å². The van der Waals surface area contributed by atoms with Gasteiger partial charge < -0.3 is 9.80 Å². The fraction of sp³-hybridized carbons (Fsp3) is 0.0820. The smallest absolute Gasteiger partial charge is 0.164 e. The van der Waals surface area contributed by atoms with Crippen molar-refractivity contribution in [3.8, 4) is 62.2 Å². The quantitative estimate of drug-likeness (QED) is 0.152. The van der Waals surface area contributed by atoms with Crippen LogP contribution in [0.15, 0.2) is 200 Å². The molecule has 0 amide bonds. The largest absolute Gasteiger partial charge is 0.321 e. The fourth-order valence-corrected chi connectivity index (χ4v) is 10.3. The van der Waals surface area contributed by atoms with Gasteiger partial charge in [0.25, 0.3) is 0 Å². The van der Waals surface area contributed by atoms with Gasteiger partial charge in [-0.25, -0.2) is 19.9 Å². The molecule has 1 aliphatic rings. The topological polar surface area (TPSA) is 63.0 Å². The summed E-state index contributed by atoms with van der Waals surface area (Å²) in [6, 6.07) is 69.1. The number of hydrogen-bond donors (Lipinski definition) is 0. The highest BCUT2D eigenvalue weighted by Gasteiger charge is 2.31. The Morgan fingerprint density at radius 2 is 0.985 bits per heavy atom. The monoisotopic (exact) mass is 877 g/mol. The third-order valence-corrected chi connectivity index (χ3v) is 13.2. The Balaban J connectivity index is 1.01. The molecule has 0 unspecified atom stereocenters. The van der Waals surface area contributed by atoms with E-state index in [1.807, 2.05) is 12.3 Å². The van der Waals surface area contributed by atoms with Crippen molar-refractivity contribution in [2.75, 3.05) is 16.5 Å². The van der Waals surface area contributed by atoms with Crippen molar-refractivity contribution in [3.63, 3.8) is 0 Å².